The molecule has 1 heterocycles. The van der Waals surface area contributed by atoms with Gasteiger partial charge in [0.1, 0.15) is 0 Å². The summed E-state index contributed by atoms with van der Waals surface area (Å²) in [6.07, 6.45) is -2.45. The lowest BCUT2D eigenvalue weighted by Crippen LogP contribution is -2.13. The zero-order valence-electron chi connectivity index (χ0n) is 11.0. The van der Waals surface area contributed by atoms with Crippen LogP contribution in [0.25, 0.3) is 5.70 Å². The van der Waals surface area contributed by atoms with Gasteiger partial charge in [-0.05, 0) is 31.0 Å². The first-order chi connectivity index (χ1) is 9.54. The number of para-hydroxylation sites is 2. The molecule has 0 bridgehead atoms. The van der Waals surface area contributed by atoms with Crippen LogP contribution in [0.15, 0.2) is 48.0 Å². The van der Waals surface area contributed by atoms with Gasteiger partial charge in [-0.2, -0.15) is 0 Å². The fraction of sp³-hybridized carbons (Fsp3) is 0.133. The maximum absolute atomic E-state index is 12.6. The van der Waals surface area contributed by atoms with Crippen LogP contribution in [0, 0.1) is 0 Å². The van der Waals surface area contributed by atoms with Crippen molar-refractivity contribution in [2.24, 2.45) is 4.99 Å². The van der Waals surface area contributed by atoms with Gasteiger partial charge in [0.25, 0.3) is 6.43 Å². The smallest absolute Gasteiger partial charge is 0.272 e. The highest BCUT2D eigenvalue weighted by atomic mass is 32.1. The summed E-state index contributed by atoms with van der Waals surface area (Å²) in [5, 5.41) is 0. The minimum Gasteiger partial charge on any atom is -0.342 e. The summed E-state index contributed by atoms with van der Waals surface area (Å²) in [6, 6.07) is 10.6. The van der Waals surface area contributed by atoms with Gasteiger partial charge in [-0.25, -0.2) is 8.78 Å². The molecule has 0 spiro atoms. The molecule has 1 aromatic carbocycles. The van der Waals surface area contributed by atoms with E-state index < -0.39 is 6.43 Å². The molecule has 2 rings (SSSR count). The molecule has 1 aromatic heterocycles. The lowest BCUT2D eigenvalue weighted by atomic mass is 10.2. The van der Waals surface area contributed by atoms with E-state index in [1.807, 2.05) is 36.2 Å². The Hall–Kier alpha value is -2.01. The number of rotatable bonds is 5. The van der Waals surface area contributed by atoms with Crippen molar-refractivity contribution in [2.45, 2.75) is 6.43 Å². The third kappa shape index (κ3) is 2.77. The van der Waals surface area contributed by atoms with E-state index in [9.17, 15) is 8.78 Å². The van der Waals surface area contributed by atoms with Crippen molar-refractivity contribution in [1.82, 2.24) is 0 Å². The van der Waals surface area contributed by atoms with Crippen LogP contribution in [0.1, 0.15) is 16.2 Å². The summed E-state index contributed by atoms with van der Waals surface area (Å²) in [5.41, 5.74) is 2.21. The van der Waals surface area contributed by atoms with Crippen molar-refractivity contribution < 1.29 is 8.78 Å². The van der Waals surface area contributed by atoms with Gasteiger partial charge in [-0.15, -0.1) is 11.3 Å². The SMILES string of the molecule is C=Nc1ccccc1N(C)C(=C)c1ccc(C(F)F)s1. The zero-order chi connectivity index (χ0) is 14.7. The Kier molecular flexibility index (Phi) is 4.29. The molecular formula is C15H14F2N2S. The molecule has 104 valence electrons. The molecule has 5 heteroatoms. The van der Waals surface area contributed by atoms with Crippen molar-refractivity contribution in [1.29, 1.82) is 0 Å². The highest BCUT2D eigenvalue weighted by Crippen LogP contribution is 2.35. The van der Waals surface area contributed by atoms with E-state index in [0.29, 0.717) is 10.6 Å². The molecule has 0 aliphatic carbocycles. The number of hydrogen-bond acceptors (Lipinski definition) is 3. The van der Waals surface area contributed by atoms with Crippen molar-refractivity contribution in [3.63, 3.8) is 0 Å². The molecule has 0 aliphatic heterocycles. The fourth-order valence-corrected chi connectivity index (χ4v) is 2.69. The van der Waals surface area contributed by atoms with E-state index in [1.54, 1.807) is 6.07 Å². The number of hydrogen-bond donors (Lipinski definition) is 0. The van der Waals surface area contributed by atoms with Gasteiger partial charge in [-0.1, -0.05) is 18.7 Å². The molecule has 0 unspecified atom stereocenters. The van der Waals surface area contributed by atoms with Gasteiger partial charge in [0.2, 0.25) is 0 Å². The lowest BCUT2D eigenvalue weighted by molar-refractivity contribution is 0.155. The van der Waals surface area contributed by atoms with Gasteiger partial charge in [0, 0.05) is 7.05 Å². The van der Waals surface area contributed by atoms with Crippen LogP contribution < -0.4 is 4.90 Å². The average Bonchev–Trinajstić information content (AvgIpc) is 2.95. The Morgan fingerprint density at radius 1 is 1.25 bits per heavy atom. The third-order valence-electron chi connectivity index (χ3n) is 2.94. The van der Waals surface area contributed by atoms with Crippen LogP contribution in [0.3, 0.4) is 0 Å². The third-order valence-corrected chi connectivity index (χ3v) is 4.09. The molecule has 2 aromatic rings. The minimum atomic E-state index is -2.45. The molecule has 0 aliphatic rings. The molecule has 0 N–H and O–H groups in total. The summed E-state index contributed by atoms with van der Waals surface area (Å²) in [7, 11) is 1.83. The second kappa shape index (κ2) is 5.96. The van der Waals surface area contributed by atoms with Crippen molar-refractivity contribution >= 4 is 35.1 Å². The van der Waals surface area contributed by atoms with Gasteiger partial charge in [0.05, 0.1) is 26.8 Å². The lowest BCUT2D eigenvalue weighted by Gasteiger charge is -2.22. The predicted octanol–water partition coefficient (Wildman–Crippen LogP) is 5.12. The Bertz CT molecular complexity index is 634. The highest BCUT2D eigenvalue weighted by Gasteiger charge is 2.15. The molecule has 0 atom stereocenters. The molecule has 2 nitrogen and oxygen atoms in total. The molecule has 20 heavy (non-hydrogen) atoms. The van der Waals surface area contributed by atoms with E-state index in [1.165, 1.54) is 6.07 Å². The van der Waals surface area contributed by atoms with Crippen LogP contribution in [0.5, 0.6) is 0 Å². The number of thiophene rings is 1. The number of alkyl halides is 2. The first kappa shape index (κ1) is 14.4. The van der Waals surface area contributed by atoms with E-state index in [-0.39, 0.29) is 4.88 Å². The average molecular weight is 292 g/mol. The quantitative estimate of drug-likeness (QED) is 0.698. The Balaban J connectivity index is 2.30. The molecule has 0 radical (unpaired) electrons. The van der Waals surface area contributed by atoms with Crippen molar-refractivity contribution in [3.05, 3.63) is 52.7 Å². The van der Waals surface area contributed by atoms with Crippen molar-refractivity contribution in [3.8, 4) is 0 Å². The van der Waals surface area contributed by atoms with E-state index >= 15 is 0 Å². The molecule has 0 fully saturated rings. The number of halogens is 2. The van der Waals surface area contributed by atoms with Gasteiger partial charge in [0.15, 0.2) is 0 Å². The summed E-state index contributed by atoms with van der Waals surface area (Å²) < 4.78 is 25.3. The topological polar surface area (TPSA) is 15.6 Å². The number of benzene rings is 1. The molecule has 0 saturated heterocycles. The number of anilines is 1. The fourth-order valence-electron chi connectivity index (χ4n) is 1.82. The Morgan fingerprint density at radius 3 is 2.55 bits per heavy atom. The van der Waals surface area contributed by atoms with E-state index in [4.69, 9.17) is 0 Å². The highest BCUT2D eigenvalue weighted by molar-refractivity contribution is 7.13. The first-order valence-corrected chi connectivity index (χ1v) is 6.73. The summed E-state index contributed by atoms with van der Waals surface area (Å²) in [5.74, 6) is 0. The Morgan fingerprint density at radius 2 is 1.95 bits per heavy atom. The summed E-state index contributed by atoms with van der Waals surface area (Å²) >= 11 is 1.05. The number of aliphatic imine (C=N–C) groups is 1. The van der Waals surface area contributed by atoms with Crippen LogP contribution in [-0.4, -0.2) is 13.8 Å². The normalized spacial score (nSPS) is 10.6. The molecular weight excluding hydrogens is 278 g/mol. The van der Waals surface area contributed by atoms with Gasteiger partial charge < -0.3 is 4.90 Å². The summed E-state index contributed by atoms with van der Waals surface area (Å²) in [4.78, 5) is 6.53. The maximum atomic E-state index is 12.6. The second-order valence-electron chi connectivity index (χ2n) is 4.16. The largest absolute Gasteiger partial charge is 0.342 e. The maximum Gasteiger partial charge on any atom is 0.272 e. The molecule has 0 saturated carbocycles. The van der Waals surface area contributed by atoms with Crippen LogP contribution in [0.4, 0.5) is 20.2 Å². The second-order valence-corrected chi connectivity index (χ2v) is 5.27. The van der Waals surface area contributed by atoms with Crippen molar-refractivity contribution in [2.75, 3.05) is 11.9 Å². The standard InChI is InChI=1S/C15H14F2N2S/c1-10(13-8-9-14(20-13)15(16)17)19(3)12-7-5-4-6-11(12)18-2/h4-9,15H,1-2H2,3H3. The number of nitrogens with zero attached hydrogens (tertiary/aromatic N) is 2. The Labute approximate surface area is 120 Å². The first-order valence-electron chi connectivity index (χ1n) is 5.91. The van der Waals surface area contributed by atoms with E-state index in [0.717, 1.165) is 22.7 Å². The summed E-state index contributed by atoms with van der Waals surface area (Å²) in [6.45, 7) is 7.51. The predicted molar refractivity (Wildman–Crippen MR) is 82.4 cm³/mol. The van der Waals surface area contributed by atoms with E-state index in [2.05, 4.69) is 18.3 Å². The van der Waals surface area contributed by atoms with Crippen LogP contribution in [0.2, 0.25) is 0 Å². The van der Waals surface area contributed by atoms with Gasteiger partial charge in [-0.3, -0.25) is 4.99 Å². The van der Waals surface area contributed by atoms with Crippen LogP contribution >= 0.6 is 11.3 Å². The van der Waals surface area contributed by atoms with Gasteiger partial charge >= 0.3 is 0 Å². The molecule has 0 amide bonds. The minimum absolute atomic E-state index is 0.0460. The zero-order valence-corrected chi connectivity index (χ0v) is 11.8. The van der Waals surface area contributed by atoms with Crippen LogP contribution in [-0.2, 0) is 0 Å². The monoisotopic (exact) mass is 292 g/mol.